The molecule has 0 aromatic heterocycles. The number of rotatable bonds is 35. The van der Waals surface area contributed by atoms with Crippen LogP contribution in [0.4, 0.5) is 0 Å². The van der Waals surface area contributed by atoms with Crippen LogP contribution in [0.3, 0.4) is 0 Å². The molecule has 8 heteroatoms. The Balaban J connectivity index is -0.000000290. The number of hydrogen-bond donors (Lipinski definition) is 5. The summed E-state index contributed by atoms with van der Waals surface area (Å²) in [5.74, 6) is 0. The normalized spacial score (nSPS) is 11.8. The van der Waals surface area contributed by atoms with Crippen LogP contribution in [0.5, 0.6) is 0 Å². The summed E-state index contributed by atoms with van der Waals surface area (Å²) in [4.78, 5) is 2.05. The maximum absolute atomic E-state index is 10.0. The molecule has 52 heavy (non-hydrogen) atoms. The van der Waals surface area contributed by atoms with E-state index < -0.39 is 6.29 Å². The van der Waals surface area contributed by atoms with Crippen molar-refractivity contribution >= 4 is 24.4 Å². The molecule has 320 valence electrons. The van der Waals surface area contributed by atoms with E-state index in [4.69, 9.17) is 20.1 Å². The molecule has 0 heterocycles. The van der Waals surface area contributed by atoms with E-state index >= 15 is 0 Å². The van der Waals surface area contributed by atoms with Crippen molar-refractivity contribution in [2.45, 2.75) is 214 Å². The first-order chi connectivity index (χ1) is 25.5. The summed E-state index contributed by atoms with van der Waals surface area (Å²) >= 11 is 6.36. The Kier molecular flexibility index (Phi) is 74.6. The van der Waals surface area contributed by atoms with E-state index in [2.05, 4.69) is 43.5 Å². The molecule has 0 aromatic carbocycles. The van der Waals surface area contributed by atoms with E-state index in [1.54, 1.807) is 11.8 Å². The first-order valence-electron chi connectivity index (χ1n) is 22.0. The van der Waals surface area contributed by atoms with Gasteiger partial charge in [-0.3, -0.25) is 4.90 Å². The van der Waals surface area contributed by atoms with Gasteiger partial charge in [-0.1, -0.05) is 156 Å². The predicted molar refractivity (Wildman–Crippen MR) is 240 cm³/mol. The van der Waals surface area contributed by atoms with Gasteiger partial charge in [0, 0.05) is 24.9 Å². The third-order valence-electron chi connectivity index (χ3n) is 8.30. The summed E-state index contributed by atoms with van der Waals surface area (Å²) in [6.07, 6.45) is 39.0. The van der Waals surface area contributed by atoms with Crippen molar-refractivity contribution < 1.29 is 25.2 Å². The first-order valence-corrected chi connectivity index (χ1v) is 24.2. The summed E-state index contributed by atoms with van der Waals surface area (Å²) in [5, 5.41) is 36.3. The van der Waals surface area contributed by atoms with E-state index in [-0.39, 0.29) is 25.1 Å². The lowest BCUT2D eigenvalue weighted by Gasteiger charge is -2.19. The van der Waals surface area contributed by atoms with Crippen molar-refractivity contribution in [2.24, 2.45) is 0 Å². The lowest BCUT2D eigenvalue weighted by molar-refractivity contribution is -0.103. The fourth-order valence-electron chi connectivity index (χ4n) is 5.36. The zero-order chi connectivity index (χ0) is 40.2. The lowest BCUT2D eigenvalue weighted by atomic mass is 10.1. The molecule has 0 amide bonds. The van der Waals surface area contributed by atoms with Crippen molar-refractivity contribution in [3.05, 3.63) is 12.2 Å². The number of hydrogen-bond acceptors (Lipinski definition) is 8. The van der Waals surface area contributed by atoms with Crippen LogP contribution < -0.4 is 0 Å². The number of ether oxygens (including phenoxy) is 1. The van der Waals surface area contributed by atoms with Crippen LogP contribution in [0.2, 0.25) is 0 Å². The van der Waals surface area contributed by atoms with Gasteiger partial charge in [-0.15, -0.1) is 0 Å². The summed E-state index contributed by atoms with van der Waals surface area (Å²) in [6, 6.07) is 0. The second kappa shape index (κ2) is 63.2. The fraction of sp³-hybridized carbons (Fsp3) is 0.955. The van der Waals surface area contributed by atoms with Crippen LogP contribution in [0, 0.1) is 0 Å². The number of nitrogens with zero attached hydrogens (tertiary/aromatic N) is 1. The van der Waals surface area contributed by atoms with Gasteiger partial charge in [0.05, 0.1) is 19.8 Å². The highest BCUT2D eigenvalue weighted by molar-refractivity contribution is 7.97. The van der Waals surface area contributed by atoms with Crippen LogP contribution >= 0.6 is 24.4 Å². The SMILES string of the molecule is CC.CC.CCCCCCCC/C=C\CCCCCCCC(O)OCC(S)CCCCCCCC.CSC.OCCCCCCN(CCO)CCO. The van der Waals surface area contributed by atoms with Crippen molar-refractivity contribution in [3.8, 4) is 0 Å². The molecule has 0 aliphatic carbocycles. The third kappa shape index (κ3) is 65.1. The summed E-state index contributed by atoms with van der Waals surface area (Å²) < 4.78 is 5.59. The molecule has 0 saturated carbocycles. The molecular formula is C44H97NO5S2. The number of unbranched alkanes of at least 4 members (excludes halogenated alkanes) is 19. The Morgan fingerprint density at radius 3 is 1.37 bits per heavy atom. The Hall–Kier alpha value is 0.200. The summed E-state index contributed by atoms with van der Waals surface area (Å²) in [6.45, 7) is 15.9. The number of thioether (sulfide) groups is 1. The molecule has 4 N–H and O–H groups in total. The molecule has 2 unspecified atom stereocenters. The van der Waals surface area contributed by atoms with Crippen molar-refractivity contribution in [3.63, 3.8) is 0 Å². The van der Waals surface area contributed by atoms with Crippen LogP contribution in [-0.2, 0) is 4.74 Å². The van der Waals surface area contributed by atoms with Gasteiger partial charge < -0.3 is 25.2 Å². The zero-order valence-electron chi connectivity index (χ0n) is 36.4. The van der Waals surface area contributed by atoms with Crippen molar-refractivity contribution in [1.82, 2.24) is 4.90 Å². The fourth-order valence-corrected chi connectivity index (χ4v) is 5.63. The topological polar surface area (TPSA) is 93.4 Å². The predicted octanol–water partition coefficient (Wildman–Crippen LogP) is 12.3. The smallest absolute Gasteiger partial charge is 0.154 e. The third-order valence-corrected chi connectivity index (χ3v) is 8.71. The van der Waals surface area contributed by atoms with Crippen LogP contribution in [0.15, 0.2) is 12.2 Å². The van der Waals surface area contributed by atoms with Gasteiger partial charge in [0.1, 0.15) is 0 Å². The standard InChI is InChI=1S/C28H56O2S.C10H23NO3.C2H6S.2C2H6/c1-3-5-7-9-11-12-13-14-15-16-17-18-19-21-23-25-28(29)30-26-27(31)24-22-20-10-8-6-4-2;12-8-4-2-1-3-5-11(6-9-13)7-10-14;1-3-2;2*1-2/h14-15,27-29,31H,3-13,16-26H2,1-2H3;12-14H,1-10H2;1-2H3;2*1-2H3/b15-14-;;;;. The quantitative estimate of drug-likeness (QED) is 0.0189. The maximum Gasteiger partial charge on any atom is 0.154 e. The first kappa shape index (κ1) is 61.4. The van der Waals surface area contributed by atoms with Crippen LogP contribution in [-0.4, -0.2) is 95.4 Å². The Bertz CT molecular complexity index is 569. The second-order valence-electron chi connectivity index (χ2n) is 13.2. The monoisotopic (exact) mass is 784 g/mol. The van der Waals surface area contributed by atoms with Gasteiger partial charge in [-0.05, 0) is 76.8 Å². The molecule has 0 aromatic rings. The van der Waals surface area contributed by atoms with Gasteiger partial charge in [0.2, 0.25) is 0 Å². The zero-order valence-corrected chi connectivity index (χ0v) is 38.1. The average molecular weight is 784 g/mol. The van der Waals surface area contributed by atoms with Gasteiger partial charge in [-0.25, -0.2) is 0 Å². The number of allylic oxidation sites excluding steroid dienone is 2. The molecule has 0 saturated heterocycles. The van der Waals surface area contributed by atoms with Crippen molar-refractivity contribution in [2.75, 3.05) is 58.6 Å². The van der Waals surface area contributed by atoms with Gasteiger partial charge >= 0.3 is 0 Å². The van der Waals surface area contributed by atoms with E-state index in [0.29, 0.717) is 19.7 Å². The van der Waals surface area contributed by atoms with Gasteiger partial charge in [0.15, 0.2) is 6.29 Å². The molecule has 6 nitrogen and oxygen atoms in total. The molecule has 0 rings (SSSR count). The second-order valence-corrected chi connectivity index (χ2v) is 14.8. The molecule has 0 aliphatic heterocycles. The number of aliphatic hydroxyl groups excluding tert-OH is 4. The largest absolute Gasteiger partial charge is 0.396 e. The van der Waals surface area contributed by atoms with Gasteiger partial charge in [0.25, 0.3) is 0 Å². The van der Waals surface area contributed by atoms with E-state index in [1.165, 1.54) is 116 Å². The molecule has 0 fully saturated rings. The molecule has 0 radical (unpaired) electrons. The summed E-state index contributed by atoms with van der Waals surface area (Å²) in [5.41, 5.74) is 0. The number of thiol groups is 1. The Morgan fingerprint density at radius 2 is 0.923 bits per heavy atom. The van der Waals surface area contributed by atoms with E-state index in [9.17, 15) is 5.11 Å². The van der Waals surface area contributed by atoms with Crippen molar-refractivity contribution in [1.29, 1.82) is 0 Å². The highest BCUT2D eigenvalue weighted by Crippen LogP contribution is 2.14. The maximum atomic E-state index is 10.0. The minimum atomic E-state index is -0.607. The van der Waals surface area contributed by atoms with Gasteiger partial charge in [-0.2, -0.15) is 24.4 Å². The summed E-state index contributed by atoms with van der Waals surface area (Å²) in [7, 11) is 0. The van der Waals surface area contributed by atoms with Crippen LogP contribution in [0.1, 0.15) is 202 Å². The number of aliphatic hydroxyl groups is 4. The molecule has 2 atom stereocenters. The highest BCUT2D eigenvalue weighted by Gasteiger charge is 2.09. The molecule has 0 bridgehead atoms. The Morgan fingerprint density at radius 1 is 0.538 bits per heavy atom. The lowest BCUT2D eigenvalue weighted by Crippen LogP contribution is -2.30. The Labute approximate surface area is 337 Å². The molecule has 0 spiro atoms. The molecular weight excluding hydrogens is 687 g/mol. The van der Waals surface area contributed by atoms with E-state index in [1.807, 2.05) is 40.2 Å². The van der Waals surface area contributed by atoms with Crippen LogP contribution in [0.25, 0.3) is 0 Å². The average Bonchev–Trinajstić information content (AvgIpc) is 3.16. The minimum absolute atomic E-state index is 0.149. The van der Waals surface area contributed by atoms with E-state index in [0.717, 1.165) is 51.5 Å². The highest BCUT2D eigenvalue weighted by atomic mass is 32.2. The minimum Gasteiger partial charge on any atom is -0.396 e. The molecule has 0 aliphatic rings.